The highest BCUT2D eigenvalue weighted by atomic mass is 16.2. The monoisotopic (exact) mass is 420 g/mol. The lowest BCUT2D eigenvalue weighted by molar-refractivity contribution is -0.126. The van der Waals surface area contributed by atoms with E-state index in [1.807, 2.05) is 30.3 Å². The van der Waals surface area contributed by atoms with Gasteiger partial charge >= 0.3 is 0 Å². The fraction of sp³-hybridized carbons (Fsp3) is 0.440. The second kappa shape index (κ2) is 10.1. The third kappa shape index (κ3) is 5.51. The summed E-state index contributed by atoms with van der Waals surface area (Å²) in [5.41, 5.74) is 3.24. The van der Waals surface area contributed by atoms with Crippen LogP contribution in [0.1, 0.15) is 24.5 Å². The van der Waals surface area contributed by atoms with Crippen molar-refractivity contribution in [3.05, 3.63) is 65.7 Å². The van der Waals surface area contributed by atoms with Crippen molar-refractivity contribution in [3.8, 4) is 0 Å². The summed E-state index contributed by atoms with van der Waals surface area (Å²) in [4.78, 5) is 31.7. The quantitative estimate of drug-likeness (QED) is 0.748. The molecular formula is C25H32N4O2. The average molecular weight is 421 g/mol. The van der Waals surface area contributed by atoms with Gasteiger partial charge < -0.3 is 15.1 Å². The summed E-state index contributed by atoms with van der Waals surface area (Å²) in [6.07, 6.45) is 0.269. The van der Waals surface area contributed by atoms with Gasteiger partial charge in [0.15, 0.2) is 0 Å². The number of nitrogens with zero attached hydrogens (tertiary/aromatic N) is 3. The topological polar surface area (TPSA) is 55.9 Å². The average Bonchev–Trinajstić information content (AvgIpc) is 3.21. The first-order valence-corrected chi connectivity index (χ1v) is 11.3. The van der Waals surface area contributed by atoms with Crippen LogP contribution in [0.3, 0.4) is 0 Å². The minimum atomic E-state index is -0.297. The van der Waals surface area contributed by atoms with Crippen molar-refractivity contribution < 1.29 is 9.59 Å². The van der Waals surface area contributed by atoms with Crippen LogP contribution in [0.15, 0.2) is 54.6 Å². The molecule has 2 aromatic carbocycles. The normalized spacial score (nSPS) is 20.2. The van der Waals surface area contributed by atoms with Gasteiger partial charge in [-0.3, -0.25) is 14.5 Å². The van der Waals surface area contributed by atoms with E-state index in [1.54, 1.807) is 4.90 Å². The first-order valence-electron chi connectivity index (χ1n) is 11.3. The molecule has 1 atom stereocenters. The van der Waals surface area contributed by atoms with Gasteiger partial charge in [0, 0.05) is 57.9 Å². The molecule has 6 heteroatoms. The number of piperazine rings is 1. The van der Waals surface area contributed by atoms with Gasteiger partial charge in [-0.2, -0.15) is 0 Å². The number of anilines is 1. The van der Waals surface area contributed by atoms with Gasteiger partial charge in [-0.1, -0.05) is 49.4 Å². The SMILES string of the molecule is CCN1CCN(Cc2ccc(CNC(=O)C3CC(=O)N(c4ccccc4)C3)cc2)CC1. The molecule has 0 aromatic heterocycles. The van der Waals surface area contributed by atoms with E-state index in [0.29, 0.717) is 13.1 Å². The fourth-order valence-electron chi connectivity index (χ4n) is 4.36. The predicted octanol–water partition coefficient (Wildman–Crippen LogP) is 2.49. The fourth-order valence-corrected chi connectivity index (χ4v) is 4.36. The molecule has 0 spiro atoms. The van der Waals surface area contributed by atoms with E-state index < -0.39 is 0 Å². The van der Waals surface area contributed by atoms with E-state index in [2.05, 4.69) is 46.3 Å². The van der Waals surface area contributed by atoms with Crippen molar-refractivity contribution in [3.63, 3.8) is 0 Å². The molecule has 6 nitrogen and oxygen atoms in total. The van der Waals surface area contributed by atoms with Crippen LogP contribution >= 0.6 is 0 Å². The smallest absolute Gasteiger partial charge is 0.227 e. The molecule has 2 amide bonds. The Morgan fingerprint density at radius 2 is 1.58 bits per heavy atom. The molecule has 1 unspecified atom stereocenters. The number of para-hydroxylation sites is 1. The maximum atomic E-state index is 12.6. The van der Waals surface area contributed by atoms with Crippen molar-refractivity contribution in [2.24, 2.45) is 5.92 Å². The Morgan fingerprint density at radius 3 is 2.26 bits per heavy atom. The third-order valence-corrected chi connectivity index (χ3v) is 6.37. The highest BCUT2D eigenvalue weighted by molar-refractivity contribution is 6.00. The van der Waals surface area contributed by atoms with Gasteiger partial charge in [-0.15, -0.1) is 0 Å². The second-order valence-electron chi connectivity index (χ2n) is 8.49. The lowest BCUT2D eigenvalue weighted by atomic mass is 10.1. The Morgan fingerprint density at radius 1 is 0.935 bits per heavy atom. The van der Waals surface area contributed by atoms with Crippen molar-refractivity contribution in [2.75, 3.05) is 44.2 Å². The van der Waals surface area contributed by atoms with E-state index >= 15 is 0 Å². The summed E-state index contributed by atoms with van der Waals surface area (Å²) in [6, 6.07) is 18.0. The minimum Gasteiger partial charge on any atom is -0.352 e. The number of hydrogen-bond donors (Lipinski definition) is 1. The van der Waals surface area contributed by atoms with Crippen molar-refractivity contribution >= 4 is 17.5 Å². The van der Waals surface area contributed by atoms with Crippen LogP contribution in [-0.4, -0.2) is 60.9 Å². The molecule has 31 heavy (non-hydrogen) atoms. The van der Waals surface area contributed by atoms with E-state index in [1.165, 1.54) is 5.56 Å². The first-order chi connectivity index (χ1) is 15.1. The zero-order valence-electron chi connectivity index (χ0n) is 18.3. The summed E-state index contributed by atoms with van der Waals surface area (Å²) >= 11 is 0. The number of carbonyl (C=O) groups excluding carboxylic acids is 2. The minimum absolute atomic E-state index is 0.00970. The van der Waals surface area contributed by atoms with Crippen LogP contribution in [0.5, 0.6) is 0 Å². The zero-order chi connectivity index (χ0) is 21.6. The number of amides is 2. The highest BCUT2D eigenvalue weighted by Gasteiger charge is 2.34. The summed E-state index contributed by atoms with van der Waals surface area (Å²) in [5.74, 6) is -0.339. The lowest BCUT2D eigenvalue weighted by Crippen LogP contribution is -2.45. The van der Waals surface area contributed by atoms with Crippen LogP contribution < -0.4 is 10.2 Å². The Labute approximate surface area is 184 Å². The number of benzene rings is 2. The van der Waals surface area contributed by atoms with E-state index in [0.717, 1.165) is 50.5 Å². The second-order valence-corrected chi connectivity index (χ2v) is 8.49. The van der Waals surface area contributed by atoms with Crippen molar-refractivity contribution in [1.29, 1.82) is 0 Å². The van der Waals surface area contributed by atoms with Gasteiger partial charge in [0.2, 0.25) is 11.8 Å². The summed E-state index contributed by atoms with van der Waals surface area (Å²) < 4.78 is 0. The van der Waals surface area contributed by atoms with E-state index in [4.69, 9.17) is 0 Å². The van der Waals surface area contributed by atoms with E-state index in [9.17, 15) is 9.59 Å². The van der Waals surface area contributed by atoms with Crippen molar-refractivity contribution in [1.82, 2.24) is 15.1 Å². The molecule has 2 saturated heterocycles. The molecule has 2 aliphatic heterocycles. The van der Waals surface area contributed by atoms with Crippen LogP contribution in [-0.2, 0) is 22.7 Å². The predicted molar refractivity (Wildman–Crippen MR) is 123 cm³/mol. The maximum Gasteiger partial charge on any atom is 0.227 e. The highest BCUT2D eigenvalue weighted by Crippen LogP contribution is 2.25. The summed E-state index contributed by atoms with van der Waals surface area (Å²) in [7, 11) is 0. The molecule has 0 saturated carbocycles. The molecule has 2 aromatic rings. The third-order valence-electron chi connectivity index (χ3n) is 6.37. The molecule has 0 bridgehead atoms. The van der Waals surface area contributed by atoms with E-state index in [-0.39, 0.29) is 24.2 Å². The molecule has 0 aliphatic carbocycles. The first kappa shape index (κ1) is 21.5. The Hall–Kier alpha value is -2.70. The zero-order valence-corrected chi connectivity index (χ0v) is 18.3. The molecular weight excluding hydrogens is 388 g/mol. The molecule has 0 radical (unpaired) electrons. The molecule has 2 heterocycles. The molecule has 2 aliphatic rings. The number of carbonyl (C=O) groups is 2. The van der Waals surface area contributed by atoms with Crippen molar-refractivity contribution in [2.45, 2.75) is 26.4 Å². The number of nitrogens with one attached hydrogen (secondary N) is 1. The van der Waals surface area contributed by atoms with Gasteiger partial charge in [-0.25, -0.2) is 0 Å². The summed E-state index contributed by atoms with van der Waals surface area (Å²) in [5, 5.41) is 3.01. The van der Waals surface area contributed by atoms with Crippen LogP contribution in [0.25, 0.3) is 0 Å². The maximum absolute atomic E-state index is 12.6. The van der Waals surface area contributed by atoms with Gasteiger partial charge in [0.25, 0.3) is 0 Å². The Kier molecular flexibility index (Phi) is 6.99. The standard InChI is InChI=1S/C25H32N4O2/c1-2-27-12-14-28(15-13-27)18-21-10-8-20(9-11-21)17-26-25(31)22-16-24(30)29(19-22)23-6-4-3-5-7-23/h3-11,22H,2,12-19H2,1H3,(H,26,31). The number of rotatable bonds is 7. The Bertz CT molecular complexity index is 876. The van der Waals surface area contributed by atoms with Gasteiger partial charge in [0.1, 0.15) is 0 Å². The van der Waals surface area contributed by atoms with Crippen LogP contribution in [0, 0.1) is 5.92 Å². The largest absolute Gasteiger partial charge is 0.352 e. The summed E-state index contributed by atoms with van der Waals surface area (Å²) in [6.45, 7) is 9.78. The van der Waals surface area contributed by atoms with Gasteiger partial charge in [0.05, 0.1) is 5.92 Å². The number of hydrogen-bond acceptors (Lipinski definition) is 4. The molecule has 164 valence electrons. The lowest BCUT2D eigenvalue weighted by Gasteiger charge is -2.34. The Balaban J connectivity index is 1.24. The molecule has 4 rings (SSSR count). The van der Waals surface area contributed by atoms with Crippen LogP contribution in [0.4, 0.5) is 5.69 Å². The van der Waals surface area contributed by atoms with Gasteiger partial charge in [-0.05, 0) is 29.8 Å². The van der Waals surface area contributed by atoms with Crippen LogP contribution in [0.2, 0.25) is 0 Å². The molecule has 1 N–H and O–H groups in total. The molecule has 2 fully saturated rings. The number of likely N-dealkylation sites (N-methyl/N-ethyl adjacent to an activating group) is 1.